The van der Waals surface area contributed by atoms with E-state index in [1.807, 2.05) is 30.3 Å². The van der Waals surface area contributed by atoms with Gasteiger partial charge in [0.05, 0.1) is 11.6 Å². The van der Waals surface area contributed by atoms with Crippen LogP contribution in [0.1, 0.15) is 6.42 Å². The Hall–Kier alpha value is -1.63. The van der Waals surface area contributed by atoms with Crippen molar-refractivity contribution in [2.24, 2.45) is 0 Å². The lowest BCUT2D eigenvalue weighted by Crippen LogP contribution is -2.26. The number of pyridine rings is 1. The van der Waals surface area contributed by atoms with Gasteiger partial charge in [-0.3, -0.25) is 4.98 Å². The molecule has 2 rings (SSSR count). The molecule has 1 N–H and O–H groups in total. The molecule has 0 atom stereocenters. The number of sulfonamides is 1. The molecule has 0 bridgehead atoms. The maximum atomic E-state index is 12.0. The summed E-state index contributed by atoms with van der Waals surface area (Å²) in [5.41, 5.74) is 0. The first-order chi connectivity index (χ1) is 10.1. The van der Waals surface area contributed by atoms with Gasteiger partial charge >= 0.3 is 0 Å². The molecule has 0 amide bonds. The van der Waals surface area contributed by atoms with Crippen molar-refractivity contribution in [3.63, 3.8) is 0 Å². The molecule has 1 heterocycles. The van der Waals surface area contributed by atoms with Crippen LogP contribution in [-0.2, 0) is 10.0 Å². The zero-order valence-electron chi connectivity index (χ0n) is 11.2. The van der Waals surface area contributed by atoms with E-state index in [1.165, 1.54) is 18.5 Å². The molecule has 2 aromatic rings. The first kappa shape index (κ1) is 15.8. The summed E-state index contributed by atoms with van der Waals surface area (Å²) in [4.78, 5) is 3.75. The van der Waals surface area contributed by atoms with Gasteiger partial charge < -0.3 is 4.74 Å². The maximum Gasteiger partial charge on any atom is 0.243 e. The van der Waals surface area contributed by atoms with Gasteiger partial charge in [-0.25, -0.2) is 13.1 Å². The summed E-state index contributed by atoms with van der Waals surface area (Å²) >= 11 is 5.85. The Balaban J connectivity index is 1.79. The van der Waals surface area contributed by atoms with Crippen LogP contribution in [0.5, 0.6) is 5.75 Å². The molecular formula is C14H15ClN2O3S. The lowest BCUT2D eigenvalue weighted by molar-refractivity contribution is 0.311. The number of ether oxygens (including phenoxy) is 1. The highest BCUT2D eigenvalue weighted by Crippen LogP contribution is 2.18. The molecule has 112 valence electrons. The molecule has 0 fully saturated rings. The number of nitrogens with one attached hydrogen (secondary N) is 1. The number of hydrogen-bond acceptors (Lipinski definition) is 4. The topological polar surface area (TPSA) is 68.3 Å². The fourth-order valence-electron chi connectivity index (χ4n) is 1.62. The van der Waals surface area contributed by atoms with E-state index < -0.39 is 10.0 Å². The summed E-state index contributed by atoms with van der Waals surface area (Å²) in [5.74, 6) is 0.760. The lowest BCUT2D eigenvalue weighted by atomic mass is 10.3. The van der Waals surface area contributed by atoms with Gasteiger partial charge in [0.25, 0.3) is 0 Å². The van der Waals surface area contributed by atoms with Crippen LogP contribution in [-0.4, -0.2) is 26.6 Å². The maximum absolute atomic E-state index is 12.0. The van der Waals surface area contributed by atoms with E-state index >= 15 is 0 Å². The number of benzene rings is 1. The third-order valence-electron chi connectivity index (χ3n) is 2.65. The highest BCUT2D eigenvalue weighted by Gasteiger charge is 2.17. The molecule has 7 heteroatoms. The van der Waals surface area contributed by atoms with E-state index in [9.17, 15) is 8.42 Å². The predicted octanol–water partition coefficient (Wildman–Crippen LogP) is 2.48. The molecule has 0 spiro atoms. The second kappa shape index (κ2) is 7.40. The number of halogens is 1. The van der Waals surface area contributed by atoms with Crippen LogP contribution in [0, 0.1) is 0 Å². The van der Waals surface area contributed by atoms with Crippen LogP contribution in [0.25, 0.3) is 0 Å². The molecule has 0 saturated heterocycles. The Kier molecular flexibility index (Phi) is 5.55. The SMILES string of the molecule is O=S(=O)(NCCCOc1ccccc1)c1cnccc1Cl. The van der Waals surface area contributed by atoms with Crippen molar-refractivity contribution >= 4 is 21.6 Å². The van der Waals surface area contributed by atoms with Crippen LogP contribution in [0.3, 0.4) is 0 Å². The summed E-state index contributed by atoms with van der Waals surface area (Å²) in [5, 5.41) is 0.151. The molecule has 0 aliphatic carbocycles. The van der Waals surface area contributed by atoms with E-state index in [2.05, 4.69) is 9.71 Å². The smallest absolute Gasteiger partial charge is 0.243 e. The Morgan fingerprint density at radius 3 is 2.67 bits per heavy atom. The minimum absolute atomic E-state index is 0.0179. The monoisotopic (exact) mass is 326 g/mol. The van der Waals surface area contributed by atoms with Crippen molar-refractivity contribution in [2.75, 3.05) is 13.2 Å². The van der Waals surface area contributed by atoms with Crippen LogP contribution >= 0.6 is 11.6 Å². The fourth-order valence-corrected chi connectivity index (χ4v) is 3.13. The van der Waals surface area contributed by atoms with Gasteiger partial charge in [0.1, 0.15) is 10.6 Å². The molecular weight excluding hydrogens is 312 g/mol. The molecule has 0 unspecified atom stereocenters. The molecule has 21 heavy (non-hydrogen) atoms. The van der Waals surface area contributed by atoms with Crippen molar-refractivity contribution in [2.45, 2.75) is 11.3 Å². The summed E-state index contributed by atoms with van der Waals surface area (Å²) in [6.07, 6.45) is 3.21. The normalized spacial score (nSPS) is 11.3. The Labute approximate surface area is 129 Å². The average molecular weight is 327 g/mol. The number of aromatic nitrogens is 1. The van der Waals surface area contributed by atoms with E-state index in [-0.39, 0.29) is 16.5 Å². The molecule has 1 aromatic heterocycles. The quantitative estimate of drug-likeness (QED) is 0.794. The van der Waals surface area contributed by atoms with Crippen molar-refractivity contribution in [3.05, 3.63) is 53.8 Å². The fraction of sp³-hybridized carbons (Fsp3) is 0.214. The number of hydrogen-bond donors (Lipinski definition) is 1. The lowest BCUT2D eigenvalue weighted by Gasteiger charge is -2.08. The van der Waals surface area contributed by atoms with Gasteiger partial charge in [-0.05, 0) is 24.6 Å². The summed E-state index contributed by atoms with van der Waals surface area (Å²) in [7, 11) is -3.64. The van der Waals surface area contributed by atoms with Crippen molar-refractivity contribution < 1.29 is 13.2 Å². The number of rotatable bonds is 7. The molecule has 1 aromatic carbocycles. The standard InChI is InChI=1S/C14H15ClN2O3S/c15-13-7-9-16-11-14(13)21(18,19)17-8-4-10-20-12-5-2-1-3-6-12/h1-3,5-7,9,11,17H,4,8,10H2. The molecule has 0 radical (unpaired) electrons. The van der Waals surface area contributed by atoms with Crippen LogP contribution in [0.4, 0.5) is 0 Å². The Morgan fingerprint density at radius 1 is 1.19 bits per heavy atom. The highest BCUT2D eigenvalue weighted by atomic mass is 35.5. The van der Waals surface area contributed by atoms with Crippen molar-refractivity contribution in [1.82, 2.24) is 9.71 Å². The molecule has 0 saturated carbocycles. The average Bonchev–Trinajstić information content (AvgIpc) is 2.48. The van der Waals surface area contributed by atoms with Gasteiger partial charge in [-0.1, -0.05) is 29.8 Å². The number of para-hydroxylation sites is 1. The summed E-state index contributed by atoms with van der Waals surface area (Å²) in [6.45, 7) is 0.688. The Morgan fingerprint density at radius 2 is 1.95 bits per heavy atom. The minimum Gasteiger partial charge on any atom is -0.494 e. The van der Waals surface area contributed by atoms with Gasteiger partial charge in [0.15, 0.2) is 0 Å². The first-order valence-corrected chi connectivity index (χ1v) is 8.23. The largest absolute Gasteiger partial charge is 0.494 e. The van der Waals surface area contributed by atoms with Crippen LogP contribution in [0.2, 0.25) is 5.02 Å². The Bertz CT molecular complexity index is 678. The van der Waals surface area contributed by atoms with Crippen molar-refractivity contribution in [3.8, 4) is 5.75 Å². The van der Waals surface area contributed by atoms with E-state index in [1.54, 1.807) is 0 Å². The summed E-state index contributed by atoms with van der Waals surface area (Å²) in [6, 6.07) is 10.8. The third kappa shape index (κ3) is 4.70. The van der Waals surface area contributed by atoms with Crippen LogP contribution in [0.15, 0.2) is 53.7 Å². The third-order valence-corrected chi connectivity index (χ3v) is 4.58. The molecule has 5 nitrogen and oxygen atoms in total. The van der Waals surface area contributed by atoms with Gasteiger partial charge in [0, 0.05) is 18.9 Å². The van der Waals surface area contributed by atoms with Gasteiger partial charge in [0.2, 0.25) is 10.0 Å². The zero-order chi connectivity index (χ0) is 15.1. The summed E-state index contributed by atoms with van der Waals surface area (Å²) < 4.78 is 32.0. The van der Waals surface area contributed by atoms with Gasteiger partial charge in [-0.15, -0.1) is 0 Å². The van der Waals surface area contributed by atoms with Crippen molar-refractivity contribution in [1.29, 1.82) is 0 Å². The zero-order valence-corrected chi connectivity index (χ0v) is 12.8. The second-order valence-corrected chi connectivity index (χ2v) is 6.36. The molecule has 0 aliphatic heterocycles. The minimum atomic E-state index is -3.64. The number of nitrogens with zero attached hydrogens (tertiary/aromatic N) is 1. The highest BCUT2D eigenvalue weighted by molar-refractivity contribution is 7.89. The first-order valence-electron chi connectivity index (χ1n) is 6.36. The van der Waals surface area contributed by atoms with Crippen LogP contribution < -0.4 is 9.46 Å². The second-order valence-electron chi connectivity index (χ2n) is 4.22. The van der Waals surface area contributed by atoms with E-state index in [4.69, 9.17) is 16.3 Å². The molecule has 0 aliphatic rings. The predicted molar refractivity (Wildman–Crippen MR) is 81.0 cm³/mol. The van der Waals surface area contributed by atoms with E-state index in [0.717, 1.165) is 5.75 Å². The van der Waals surface area contributed by atoms with E-state index in [0.29, 0.717) is 13.0 Å². The van der Waals surface area contributed by atoms with Gasteiger partial charge in [-0.2, -0.15) is 0 Å².